The van der Waals surface area contributed by atoms with E-state index in [0.717, 1.165) is 12.8 Å². The Bertz CT molecular complexity index is 787. The number of hydrogen-bond acceptors (Lipinski definition) is 5. The lowest BCUT2D eigenvalue weighted by Gasteiger charge is -2.21. The average Bonchev–Trinajstić information content (AvgIpc) is 2.99. The van der Waals surface area contributed by atoms with Gasteiger partial charge in [0.1, 0.15) is 5.76 Å². The monoisotopic (exact) mass is 365 g/mol. The molecule has 1 N–H and O–H groups in total. The molecule has 1 heterocycles. The molecule has 7 nitrogen and oxygen atoms in total. The van der Waals surface area contributed by atoms with Crippen molar-refractivity contribution in [2.24, 2.45) is 0 Å². The number of aromatic nitrogens is 1. The van der Waals surface area contributed by atoms with Gasteiger partial charge >= 0.3 is 0 Å². The maximum absolute atomic E-state index is 12.8. The minimum atomic E-state index is -3.74. The standard InChI is InChI=1S/C17H23N3O4S/c1-3-4-8-11-20(25(22,23)15-9-6-5-7-10-15)13-17(21)18-16-12-14(2)24-19-16/h5-7,9-10,12H,3-4,8,11,13H2,1-2H3,(H,18,19,21). The lowest BCUT2D eigenvalue weighted by molar-refractivity contribution is -0.116. The Hall–Kier alpha value is -2.19. The van der Waals surface area contributed by atoms with Crippen molar-refractivity contribution in [1.82, 2.24) is 9.46 Å². The lowest BCUT2D eigenvalue weighted by Crippen LogP contribution is -2.38. The Morgan fingerprint density at radius 3 is 2.56 bits per heavy atom. The first-order valence-corrected chi connectivity index (χ1v) is 9.66. The van der Waals surface area contributed by atoms with Gasteiger partial charge in [0.15, 0.2) is 5.82 Å². The normalized spacial score (nSPS) is 11.6. The summed E-state index contributed by atoms with van der Waals surface area (Å²) < 4.78 is 31.8. The van der Waals surface area contributed by atoms with E-state index in [9.17, 15) is 13.2 Å². The summed E-state index contributed by atoms with van der Waals surface area (Å²) >= 11 is 0. The molecule has 0 radical (unpaired) electrons. The number of benzene rings is 1. The molecule has 2 rings (SSSR count). The Kier molecular flexibility index (Phi) is 6.72. The Labute approximate surface area is 148 Å². The molecule has 1 amide bonds. The average molecular weight is 365 g/mol. The first-order valence-electron chi connectivity index (χ1n) is 8.22. The predicted octanol–water partition coefficient (Wildman–Crippen LogP) is 2.80. The van der Waals surface area contributed by atoms with Gasteiger partial charge in [0.25, 0.3) is 0 Å². The van der Waals surface area contributed by atoms with Crippen molar-refractivity contribution < 1.29 is 17.7 Å². The third-order valence-corrected chi connectivity index (χ3v) is 5.47. The number of unbranched alkanes of at least 4 members (excludes halogenated alkanes) is 2. The van der Waals surface area contributed by atoms with E-state index in [1.54, 1.807) is 31.2 Å². The van der Waals surface area contributed by atoms with Crippen LogP contribution in [0.4, 0.5) is 5.82 Å². The van der Waals surface area contributed by atoms with Crippen molar-refractivity contribution >= 4 is 21.7 Å². The van der Waals surface area contributed by atoms with Gasteiger partial charge in [-0.2, -0.15) is 4.31 Å². The highest BCUT2D eigenvalue weighted by atomic mass is 32.2. The van der Waals surface area contributed by atoms with Crippen LogP contribution in [0.25, 0.3) is 0 Å². The molecule has 0 fully saturated rings. The Morgan fingerprint density at radius 2 is 1.96 bits per heavy atom. The van der Waals surface area contributed by atoms with Crippen LogP contribution >= 0.6 is 0 Å². The second-order valence-corrected chi connectivity index (χ2v) is 7.67. The number of sulfonamides is 1. The number of aryl methyl sites for hydroxylation is 1. The molecule has 2 aromatic rings. The fraction of sp³-hybridized carbons (Fsp3) is 0.412. The summed E-state index contributed by atoms with van der Waals surface area (Å²) in [5.41, 5.74) is 0. The highest BCUT2D eigenvalue weighted by Crippen LogP contribution is 2.16. The summed E-state index contributed by atoms with van der Waals surface area (Å²) in [4.78, 5) is 12.4. The van der Waals surface area contributed by atoms with E-state index in [0.29, 0.717) is 12.2 Å². The van der Waals surface area contributed by atoms with Crippen molar-refractivity contribution in [2.75, 3.05) is 18.4 Å². The van der Waals surface area contributed by atoms with Crippen LogP contribution in [0.2, 0.25) is 0 Å². The van der Waals surface area contributed by atoms with Gasteiger partial charge in [-0.3, -0.25) is 4.79 Å². The van der Waals surface area contributed by atoms with E-state index in [1.165, 1.54) is 16.4 Å². The summed E-state index contributed by atoms with van der Waals surface area (Å²) in [7, 11) is -3.74. The molecule has 0 saturated carbocycles. The van der Waals surface area contributed by atoms with Gasteiger partial charge in [0.2, 0.25) is 15.9 Å². The van der Waals surface area contributed by atoms with Crippen molar-refractivity contribution in [3.8, 4) is 0 Å². The molecular weight excluding hydrogens is 342 g/mol. The number of hydrogen-bond donors (Lipinski definition) is 1. The van der Waals surface area contributed by atoms with Gasteiger partial charge in [0, 0.05) is 12.6 Å². The van der Waals surface area contributed by atoms with E-state index in [1.807, 2.05) is 6.92 Å². The molecule has 8 heteroatoms. The van der Waals surface area contributed by atoms with Gasteiger partial charge < -0.3 is 9.84 Å². The van der Waals surface area contributed by atoms with Crippen molar-refractivity contribution in [3.63, 3.8) is 0 Å². The minimum absolute atomic E-state index is 0.177. The van der Waals surface area contributed by atoms with Crippen LogP contribution in [0.3, 0.4) is 0 Å². The van der Waals surface area contributed by atoms with E-state index < -0.39 is 15.9 Å². The van der Waals surface area contributed by atoms with Crippen molar-refractivity contribution in [1.29, 1.82) is 0 Å². The number of anilines is 1. The summed E-state index contributed by atoms with van der Waals surface area (Å²) in [6, 6.07) is 9.71. The fourth-order valence-corrected chi connectivity index (χ4v) is 3.79. The number of nitrogens with one attached hydrogen (secondary N) is 1. The van der Waals surface area contributed by atoms with Crippen LogP contribution in [0, 0.1) is 6.92 Å². The van der Waals surface area contributed by atoms with Gasteiger partial charge in [-0.25, -0.2) is 8.42 Å². The maximum Gasteiger partial charge on any atom is 0.243 e. The van der Waals surface area contributed by atoms with Crippen molar-refractivity contribution in [2.45, 2.75) is 38.0 Å². The number of rotatable bonds is 9. The first-order chi connectivity index (χ1) is 11.9. The summed E-state index contributed by atoms with van der Waals surface area (Å²) in [5, 5.41) is 6.24. The largest absolute Gasteiger partial charge is 0.360 e. The van der Waals surface area contributed by atoms with E-state index in [-0.39, 0.29) is 23.8 Å². The van der Waals surface area contributed by atoms with Crippen LogP contribution < -0.4 is 5.32 Å². The molecular formula is C17H23N3O4S. The second kappa shape index (κ2) is 8.77. The summed E-state index contributed by atoms with van der Waals surface area (Å²) in [6.07, 6.45) is 2.55. The zero-order chi connectivity index (χ0) is 18.3. The molecule has 136 valence electrons. The van der Waals surface area contributed by atoms with Crippen LogP contribution in [-0.2, 0) is 14.8 Å². The quantitative estimate of drug-likeness (QED) is 0.690. The molecule has 0 unspecified atom stereocenters. The van der Waals surface area contributed by atoms with Crippen LogP contribution in [-0.4, -0.2) is 36.9 Å². The molecule has 0 aliphatic carbocycles. The van der Waals surface area contributed by atoms with E-state index >= 15 is 0 Å². The van der Waals surface area contributed by atoms with Crippen LogP contribution in [0.15, 0.2) is 45.8 Å². The minimum Gasteiger partial charge on any atom is -0.360 e. The third-order valence-electron chi connectivity index (χ3n) is 3.61. The maximum atomic E-state index is 12.8. The second-order valence-electron chi connectivity index (χ2n) is 5.73. The SMILES string of the molecule is CCCCCN(CC(=O)Nc1cc(C)on1)S(=O)(=O)c1ccccc1. The first kappa shape index (κ1) is 19.1. The van der Waals surface area contributed by atoms with Crippen LogP contribution in [0.1, 0.15) is 31.9 Å². The third kappa shape index (κ3) is 5.40. The number of carbonyl (C=O) groups excluding carboxylic acids is 1. The highest BCUT2D eigenvalue weighted by Gasteiger charge is 2.26. The molecule has 0 spiro atoms. The zero-order valence-electron chi connectivity index (χ0n) is 14.4. The van der Waals surface area contributed by atoms with E-state index in [4.69, 9.17) is 4.52 Å². The number of nitrogens with zero attached hydrogens (tertiary/aromatic N) is 2. The fourth-order valence-electron chi connectivity index (χ4n) is 2.33. The molecule has 0 atom stereocenters. The van der Waals surface area contributed by atoms with E-state index in [2.05, 4.69) is 10.5 Å². The molecule has 25 heavy (non-hydrogen) atoms. The zero-order valence-corrected chi connectivity index (χ0v) is 15.3. The van der Waals surface area contributed by atoms with Crippen molar-refractivity contribution in [3.05, 3.63) is 42.2 Å². The molecule has 0 aliphatic rings. The van der Waals surface area contributed by atoms with Gasteiger partial charge in [-0.1, -0.05) is 43.1 Å². The number of carbonyl (C=O) groups is 1. The summed E-state index contributed by atoms with van der Waals surface area (Å²) in [6.45, 7) is 3.76. The Morgan fingerprint density at radius 1 is 1.24 bits per heavy atom. The highest BCUT2D eigenvalue weighted by molar-refractivity contribution is 7.89. The number of amides is 1. The van der Waals surface area contributed by atoms with Gasteiger partial charge in [-0.05, 0) is 25.5 Å². The smallest absolute Gasteiger partial charge is 0.243 e. The molecule has 0 bridgehead atoms. The summed E-state index contributed by atoms with van der Waals surface area (Å²) in [5.74, 6) is 0.379. The molecule has 1 aromatic heterocycles. The molecule has 0 aliphatic heterocycles. The van der Waals surface area contributed by atoms with Gasteiger partial charge in [-0.15, -0.1) is 0 Å². The molecule has 1 aromatic carbocycles. The topological polar surface area (TPSA) is 92.5 Å². The predicted molar refractivity (Wildman–Crippen MR) is 94.6 cm³/mol. The lowest BCUT2D eigenvalue weighted by atomic mass is 10.2. The van der Waals surface area contributed by atoms with Crippen LogP contribution in [0.5, 0.6) is 0 Å². The van der Waals surface area contributed by atoms with Gasteiger partial charge in [0.05, 0.1) is 11.4 Å². The Balaban J connectivity index is 2.13. The molecule has 0 saturated heterocycles.